The van der Waals surface area contributed by atoms with Crippen LogP contribution >= 0.6 is 0 Å². The van der Waals surface area contributed by atoms with E-state index in [2.05, 4.69) is 20.9 Å². The van der Waals surface area contributed by atoms with Gasteiger partial charge in [-0.2, -0.15) is 4.98 Å². The molecule has 11 heteroatoms. The van der Waals surface area contributed by atoms with Crippen molar-refractivity contribution < 1.29 is 24.1 Å². The number of aliphatic hydroxyl groups is 2. The highest BCUT2D eigenvalue weighted by atomic mass is 19.1. The molecule has 0 radical (unpaired) electrons. The molecule has 2 aromatic rings. The number of hydrogen-bond acceptors (Lipinski definition) is 8. The average molecular weight is 419 g/mol. The van der Waals surface area contributed by atoms with Gasteiger partial charge in [-0.1, -0.05) is 0 Å². The van der Waals surface area contributed by atoms with Crippen molar-refractivity contribution in [2.24, 2.45) is 0 Å². The molecular weight excluding hydrogens is 397 g/mol. The van der Waals surface area contributed by atoms with Crippen LogP contribution in [0.2, 0.25) is 0 Å². The van der Waals surface area contributed by atoms with E-state index in [1.165, 1.54) is 12.3 Å². The number of carbonyl (C=O) groups excluding carboxylic acids is 1. The lowest BCUT2D eigenvalue weighted by Gasteiger charge is -2.24. The highest BCUT2D eigenvalue weighted by Crippen LogP contribution is 2.40. The molecule has 2 aliphatic heterocycles. The Morgan fingerprint density at radius 2 is 2.10 bits per heavy atom. The fourth-order valence-corrected chi connectivity index (χ4v) is 3.59. The topological polar surface area (TPSA) is 138 Å². The summed E-state index contributed by atoms with van der Waals surface area (Å²) >= 11 is 0. The van der Waals surface area contributed by atoms with Gasteiger partial charge in [0.25, 0.3) is 5.91 Å². The molecule has 1 aromatic heterocycles. The molecular formula is C19H22FN5O5. The zero-order valence-electron chi connectivity index (χ0n) is 16.1. The van der Waals surface area contributed by atoms with Crippen molar-refractivity contribution in [3.8, 4) is 0 Å². The maximum atomic E-state index is 14.9. The number of nitrogens with zero attached hydrogens (tertiary/aromatic N) is 2. The van der Waals surface area contributed by atoms with Crippen LogP contribution in [0.3, 0.4) is 0 Å². The Hall–Kier alpha value is -3.02. The van der Waals surface area contributed by atoms with E-state index in [4.69, 9.17) is 4.74 Å². The number of anilines is 3. The summed E-state index contributed by atoms with van der Waals surface area (Å²) in [5.74, 6) is -0.471. The van der Waals surface area contributed by atoms with Crippen molar-refractivity contribution in [2.75, 3.05) is 35.6 Å². The molecule has 5 N–H and O–H groups in total. The molecule has 160 valence electrons. The summed E-state index contributed by atoms with van der Waals surface area (Å²) in [7, 11) is 0. The number of nitrogens with one attached hydrogen (secondary N) is 3. The Morgan fingerprint density at radius 3 is 2.77 bits per heavy atom. The van der Waals surface area contributed by atoms with Crippen LogP contribution in [0.15, 0.2) is 35.3 Å². The van der Waals surface area contributed by atoms with Gasteiger partial charge in [0.2, 0.25) is 0 Å². The number of alkyl halides is 1. The fourth-order valence-electron chi connectivity index (χ4n) is 3.59. The molecule has 0 saturated carbocycles. The van der Waals surface area contributed by atoms with E-state index < -0.39 is 42.3 Å². The SMILES string of the molecule is CC1(F)C(n2ccc(NC(=O)c3ccc4c(c3)NCCN4)nc2=O)O[C@H](CO)[C@H]1O. The van der Waals surface area contributed by atoms with Gasteiger partial charge in [0.1, 0.15) is 18.0 Å². The normalized spacial score (nSPS) is 27.7. The molecule has 4 atom stereocenters. The maximum absolute atomic E-state index is 14.9. The molecule has 0 spiro atoms. The second-order valence-electron chi connectivity index (χ2n) is 7.38. The molecule has 0 aliphatic carbocycles. The summed E-state index contributed by atoms with van der Waals surface area (Å²) in [6, 6.07) is 6.45. The smallest absolute Gasteiger partial charge is 0.351 e. The van der Waals surface area contributed by atoms with Crippen molar-refractivity contribution in [3.63, 3.8) is 0 Å². The van der Waals surface area contributed by atoms with Crippen molar-refractivity contribution in [1.29, 1.82) is 0 Å². The van der Waals surface area contributed by atoms with Gasteiger partial charge in [0.05, 0.1) is 18.0 Å². The standard InChI is InChI=1S/C19H22FN5O5/c1-19(20)15(27)13(9-26)30-17(19)25-7-4-14(24-18(25)29)23-16(28)10-2-3-11-12(8-10)22-6-5-21-11/h2-4,7-8,13,15,17,21-22,26-27H,5-6,9H2,1H3,(H,23,24,28,29)/t13-,15-,17?,19?/m1/s1. The van der Waals surface area contributed by atoms with Gasteiger partial charge in [-0.3, -0.25) is 9.36 Å². The van der Waals surface area contributed by atoms with Gasteiger partial charge < -0.3 is 30.9 Å². The van der Waals surface area contributed by atoms with Crippen molar-refractivity contribution in [3.05, 3.63) is 46.5 Å². The third kappa shape index (κ3) is 3.51. The largest absolute Gasteiger partial charge is 0.394 e. The van der Waals surface area contributed by atoms with Crippen molar-refractivity contribution in [1.82, 2.24) is 9.55 Å². The number of rotatable bonds is 4. The van der Waals surface area contributed by atoms with E-state index >= 15 is 0 Å². The van der Waals surface area contributed by atoms with Crippen molar-refractivity contribution >= 4 is 23.1 Å². The van der Waals surface area contributed by atoms with Gasteiger partial charge in [0.15, 0.2) is 11.9 Å². The Bertz CT molecular complexity index is 1030. The molecule has 2 unspecified atom stereocenters. The predicted octanol–water partition coefficient (Wildman–Crippen LogP) is 0.312. The van der Waals surface area contributed by atoms with E-state index in [1.807, 2.05) is 0 Å². The van der Waals surface area contributed by atoms with Crippen LogP contribution in [0.1, 0.15) is 23.5 Å². The summed E-state index contributed by atoms with van der Waals surface area (Å²) in [4.78, 5) is 28.7. The van der Waals surface area contributed by atoms with Gasteiger partial charge in [0, 0.05) is 24.8 Å². The first-order valence-corrected chi connectivity index (χ1v) is 9.47. The third-order valence-electron chi connectivity index (χ3n) is 5.26. The Kier molecular flexibility index (Phi) is 5.18. The van der Waals surface area contributed by atoms with Crippen LogP contribution in [0, 0.1) is 0 Å². The molecule has 30 heavy (non-hydrogen) atoms. The van der Waals surface area contributed by atoms with Crippen molar-refractivity contribution in [2.45, 2.75) is 31.0 Å². The molecule has 2 aliphatic rings. The predicted molar refractivity (Wildman–Crippen MR) is 106 cm³/mol. The average Bonchev–Trinajstić information content (AvgIpc) is 2.96. The van der Waals surface area contributed by atoms with Gasteiger partial charge in [-0.05, 0) is 31.2 Å². The molecule has 1 saturated heterocycles. The zero-order valence-corrected chi connectivity index (χ0v) is 16.1. The minimum absolute atomic E-state index is 0.0112. The Balaban J connectivity index is 1.53. The minimum atomic E-state index is -2.31. The van der Waals surface area contributed by atoms with Crippen LogP contribution in [-0.4, -0.2) is 63.2 Å². The second-order valence-corrected chi connectivity index (χ2v) is 7.38. The van der Waals surface area contributed by atoms with Gasteiger partial charge >= 0.3 is 5.69 Å². The molecule has 3 heterocycles. The Labute approximate surface area is 170 Å². The van der Waals surface area contributed by atoms with E-state index in [-0.39, 0.29) is 5.82 Å². The number of aliphatic hydroxyl groups excluding tert-OH is 2. The molecule has 10 nitrogen and oxygen atoms in total. The summed E-state index contributed by atoms with van der Waals surface area (Å²) in [6.45, 7) is 2.01. The first kappa shape index (κ1) is 20.3. The summed E-state index contributed by atoms with van der Waals surface area (Å²) < 4.78 is 21.1. The number of carbonyl (C=O) groups is 1. The minimum Gasteiger partial charge on any atom is -0.394 e. The molecule has 4 rings (SSSR count). The first-order chi connectivity index (χ1) is 14.3. The highest BCUT2D eigenvalue weighted by molar-refractivity contribution is 6.05. The number of fused-ring (bicyclic) bond motifs is 1. The van der Waals surface area contributed by atoms with E-state index in [0.717, 1.165) is 36.0 Å². The van der Waals surface area contributed by atoms with Crippen LogP contribution in [0.25, 0.3) is 0 Å². The fraction of sp³-hybridized carbons (Fsp3) is 0.421. The van der Waals surface area contributed by atoms with Gasteiger partial charge in [-0.15, -0.1) is 0 Å². The van der Waals surface area contributed by atoms with E-state index in [9.17, 15) is 24.2 Å². The number of hydrogen-bond donors (Lipinski definition) is 5. The quantitative estimate of drug-likeness (QED) is 0.478. The van der Waals surface area contributed by atoms with E-state index in [0.29, 0.717) is 5.56 Å². The van der Waals surface area contributed by atoms with Gasteiger partial charge in [-0.25, -0.2) is 9.18 Å². The number of halogens is 1. The number of benzene rings is 1. The second kappa shape index (κ2) is 7.67. The molecule has 1 aromatic carbocycles. The van der Waals surface area contributed by atoms with E-state index in [1.54, 1.807) is 18.2 Å². The van der Waals surface area contributed by atoms with Crippen LogP contribution < -0.4 is 21.6 Å². The van der Waals surface area contributed by atoms with Crippen LogP contribution in [-0.2, 0) is 4.74 Å². The lowest BCUT2D eigenvalue weighted by Crippen LogP contribution is -2.42. The molecule has 1 fully saturated rings. The lowest BCUT2D eigenvalue weighted by molar-refractivity contribution is -0.0610. The summed E-state index contributed by atoms with van der Waals surface area (Å²) in [6.07, 6.45) is -3.01. The number of ether oxygens (including phenoxy) is 1. The third-order valence-corrected chi connectivity index (χ3v) is 5.26. The summed E-state index contributed by atoms with van der Waals surface area (Å²) in [5, 5.41) is 28.1. The lowest BCUT2D eigenvalue weighted by atomic mass is 9.98. The highest BCUT2D eigenvalue weighted by Gasteiger charge is 2.55. The summed E-state index contributed by atoms with van der Waals surface area (Å²) in [5.41, 5.74) is -1.11. The number of aromatic nitrogens is 2. The molecule has 0 bridgehead atoms. The number of amides is 1. The van der Waals surface area contributed by atoms with Crippen LogP contribution in [0.5, 0.6) is 0 Å². The monoisotopic (exact) mass is 419 g/mol. The van der Waals surface area contributed by atoms with Crippen LogP contribution in [0.4, 0.5) is 21.6 Å². The Morgan fingerprint density at radius 1 is 1.37 bits per heavy atom. The maximum Gasteiger partial charge on any atom is 0.351 e. The first-order valence-electron chi connectivity index (χ1n) is 9.47. The zero-order chi connectivity index (χ0) is 21.5. The molecule has 1 amide bonds.